The number of halogens is 4. The molecule has 20 heavy (non-hydrogen) atoms. The van der Waals surface area contributed by atoms with Crippen LogP contribution in [0.1, 0.15) is 31.2 Å². The highest BCUT2D eigenvalue weighted by Crippen LogP contribution is 2.40. The second kappa shape index (κ2) is 6.35. The molecule has 6 heteroatoms. The van der Waals surface area contributed by atoms with E-state index < -0.39 is 11.7 Å². The molecule has 0 spiro atoms. The molecule has 0 aromatic heterocycles. The van der Waals surface area contributed by atoms with E-state index >= 15 is 0 Å². The first kappa shape index (κ1) is 15.6. The van der Waals surface area contributed by atoms with E-state index in [2.05, 4.69) is 15.9 Å². The Hall–Kier alpha value is -0.750. The van der Waals surface area contributed by atoms with Gasteiger partial charge in [0.05, 0.1) is 22.2 Å². The average Bonchev–Trinajstić information content (AvgIpc) is 2.40. The van der Waals surface area contributed by atoms with Crippen LogP contribution in [-0.2, 0) is 10.9 Å². The summed E-state index contributed by atoms with van der Waals surface area (Å²) in [6.45, 7) is 0. The highest BCUT2D eigenvalue weighted by atomic mass is 79.9. The molecule has 0 bridgehead atoms. The number of hydrogen-bond acceptors (Lipinski definition) is 2. The minimum atomic E-state index is -4.38. The van der Waals surface area contributed by atoms with Crippen LogP contribution in [0.2, 0.25) is 0 Å². The Morgan fingerprint density at radius 1 is 1.10 bits per heavy atom. The zero-order valence-corrected chi connectivity index (χ0v) is 12.6. The summed E-state index contributed by atoms with van der Waals surface area (Å²) in [7, 11) is 1.68. The lowest BCUT2D eigenvalue weighted by molar-refractivity contribution is -0.138. The van der Waals surface area contributed by atoms with Crippen molar-refractivity contribution < 1.29 is 22.6 Å². The molecule has 0 radical (unpaired) electrons. The molecule has 0 atom stereocenters. The highest BCUT2D eigenvalue weighted by Gasteiger charge is 2.34. The lowest BCUT2D eigenvalue weighted by Crippen LogP contribution is -2.27. The molecule has 0 heterocycles. The zero-order chi connectivity index (χ0) is 14.8. The van der Waals surface area contributed by atoms with Gasteiger partial charge in [-0.25, -0.2) is 0 Å². The van der Waals surface area contributed by atoms with Crippen LogP contribution in [0.5, 0.6) is 5.75 Å². The Morgan fingerprint density at radius 3 is 2.25 bits per heavy atom. The summed E-state index contributed by atoms with van der Waals surface area (Å²) in [6.07, 6.45) is -0.870. The van der Waals surface area contributed by atoms with E-state index in [1.54, 1.807) is 13.2 Å². The van der Waals surface area contributed by atoms with Gasteiger partial charge in [0.1, 0.15) is 5.75 Å². The van der Waals surface area contributed by atoms with Gasteiger partial charge in [0.2, 0.25) is 0 Å². The third-order valence-electron chi connectivity index (χ3n) is 3.52. The van der Waals surface area contributed by atoms with Crippen molar-refractivity contribution in [2.75, 3.05) is 7.11 Å². The van der Waals surface area contributed by atoms with Crippen molar-refractivity contribution >= 4 is 15.9 Å². The van der Waals surface area contributed by atoms with E-state index in [0.29, 0.717) is 0 Å². The molecule has 1 aromatic carbocycles. The molecule has 0 aliphatic heterocycles. The smallest absolute Gasteiger partial charge is 0.417 e. The van der Waals surface area contributed by atoms with Crippen LogP contribution in [-0.4, -0.2) is 19.3 Å². The van der Waals surface area contributed by atoms with Crippen LogP contribution in [0.15, 0.2) is 22.7 Å². The van der Waals surface area contributed by atoms with Gasteiger partial charge in [-0.2, -0.15) is 13.2 Å². The molecule has 1 aromatic rings. The number of ether oxygens (including phenoxy) is 2. The summed E-state index contributed by atoms with van der Waals surface area (Å²) in [5.74, 6) is 0.251. The first-order valence-corrected chi connectivity index (χ1v) is 7.26. The minimum absolute atomic E-state index is 0.0265. The molecule has 0 unspecified atom stereocenters. The molecule has 2 nitrogen and oxygen atoms in total. The van der Waals surface area contributed by atoms with Crippen molar-refractivity contribution in [3.05, 3.63) is 28.2 Å². The molecule has 1 aliphatic carbocycles. The number of alkyl halides is 3. The maximum Gasteiger partial charge on any atom is 0.417 e. The second-order valence-electron chi connectivity index (χ2n) is 4.87. The van der Waals surface area contributed by atoms with Gasteiger partial charge in [0.25, 0.3) is 0 Å². The molecule has 0 amide bonds. The maximum absolute atomic E-state index is 12.8. The van der Waals surface area contributed by atoms with Gasteiger partial charge in [0.15, 0.2) is 0 Å². The molecule has 112 valence electrons. The predicted molar refractivity (Wildman–Crippen MR) is 72.8 cm³/mol. The van der Waals surface area contributed by atoms with E-state index in [-0.39, 0.29) is 22.4 Å². The van der Waals surface area contributed by atoms with Crippen LogP contribution >= 0.6 is 15.9 Å². The molecule has 2 rings (SSSR count). The van der Waals surface area contributed by atoms with Crippen molar-refractivity contribution in [3.8, 4) is 5.75 Å². The highest BCUT2D eigenvalue weighted by molar-refractivity contribution is 9.10. The predicted octanol–water partition coefficient (Wildman–Crippen LogP) is 4.80. The first-order chi connectivity index (χ1) is 9.41. The van der Waals surface area contributed by atoms with Gasteiger partial charge in [0, 0.05) is 7.11 Å². The fourth-order valence-electron chi connectivity index (χ4n) is 2.39. The fourth-order valence-corrected chi connectivity index (χ4v) is 2.97. The molecule has 1 aliphatic rings. The quantitative estimate of drug-likeness (QED) is 0.777. The topological polar surface area (TPSA) is 18.5 Å². The largest absolute Gasteiger partial charge is 0.489 e. The molecule has 1 saturated carbocycles. The summed E-state index contributed by atoms with van der Waals surface area (Å²) in [5, 5.41) is 0. The Balaban J connectivity index is 2.07. The molecular formula is C14H16BrF3O2. The van der Waals surface area contributed by atoms with Crippen molar-refractivity contribution in [3.63, 3.8) is 0 Å². The lowest BCUT2D eigenvalue weighted by Gasteiger charge is -2.28. The monoisotopic (exact) mass is 352 g/mol. The number of hydrogen-bond donors (Lipinski definition) is 0. The van der Waals surface area contributed by atoms with Crippen LogP contribution in [0.4, 0.5) is 13.2 Å². The Bertz CT molecular complexity index is 454. The van der Waals surface area contributed by atoms with Crippen LogP contribution in [0, 0.1) is 0 Å². The lowest BCUT2D eigenvalue weighted by atomic mass is 9.95. The van der Waals surface area contributed by atoms with Crippen molar-refractivity contribution in [1.29, 1.82) is 0 Å². The standard InChI is InChI=1S/C14H16BrF3O2/c1-19-9-5-7-10(8-6-9)20-12-4-2-3-11(13(12)15)14(16,17)18/h2-4,9-10H,5-8H2,1H3. The molecular weight excluding hydrogens is 337 g/mol. The van der Waals surface area contributed by atoms with Crippen LogP contribution < -0.4 is 4.74 Å². The van der Waals surface area contributed by atoms with E-state index in [0.717, 1.165) is 31.7 Å². The van der Waals surface area contributed by atoms with Gasteiger partial charge in [-0.1, -0.05) is 6.07 Å². The van der Waals surface area contributed by atoms with Gasteiger partial charge in [-0.15, -0.1) is 0 Å². The van der Waals surface area contributed by atoms with E-state index in [1.165, 1.54) is 6.07 Å². The molecule has 0 saturated heterocycles. The Morgan fingerprint density at radius 2 is 1.70 bits per heavy atom. The number of benzene rings is 1. The number of rotatable bonds is 3. The van der Waals surface area contributed by atoms with Crippen LogP contribution in [0.25, 0.3) is 0 Å². The van der Waals surface area contributed by atoms with E-state index in [4.69, 9.17) is 9.47 Å². The summed E-state index contributed by atoms with van der Waals surface area (Å²) in [6, 6.07) is 3.96. The Labute approximate surface area is 124 Å². The first-order valence-electron chi connectivity index (χ1n) is 6.47. The third kappa shape index (κ3) is 3.67. The minimum Gasteiger partial charge on any atom is -0.489 e. The van der Waals surface area contributed by atoms with Gasteiger partial charge >= 0.3 is 6.18 Å². The summed E-state index contributed by atoms with van der Waals surface area (Å²) in [4.78, 5) is 0. The van der Waals surface area contributed by atoms with Gasteiger partial charge in [-0.05, 0) is 53.7 Å². The van der Waals surface area contributed by atoms with Crippen molar-refractivity contribution in [2.45, 2.75) is 44.1 Å². The fraction of sp³-hybridized carbons (Fsp3) is 0.571. The van der Waals surface area contributed by atoms with Crippen molar-refractivity contribution in [2.24, 2.45) is 0 Å². The van der Waals surface area contributed by atoms with Crippen molar-refractivity contribution in [1.82, 2.24) is 0 Å². The van der Waals surface area contributed by atoms with Crippen LogP contribution in [0.3, 0.4) is 0 Å². The number of methoxy groups -OCH3 is 1. The molecule has 1 fully saturated rings. The van der Waals surface area contributed by atoms with Gasteiger partial charge in [-0.3, -0.25) is 0 Å². The normalized spacial score (nSPS) is 23.6. The van der Waals surface area contributed by atoms with E-state index in [9.17, 15) is 13.2 Å². The summed E-state index contributed by atoms with van der Waals surface area (Å²) in [5.41, 5.74) is -0.708. The van der Waals surface area contributed by atoms with E-state index in [1.807, 2.05) is 0 Å². The second-order valence-corrected chi connectivity index (χ2v) is 5.66. The summed E-state index contributed by atoms with van der Waals surface area (Å²) < 4.78 is 49.4. The summed E-state index contributed by atoms with van der Waals surface area (Å²) >= 11 is 3.00. The average molecular weight is 353 g/mol. The maximum atomic E-state index is 12.8. The third-order valence-corrected chi connectivity index (χ3v) is 4.33. The SMILES string of the molecule is COC1CCC(Oc2cccc(C(F)(F)F)c2Br)CC1. The van der Waals surface area contributed by atoms with Gasteiger partial charge < -0.3 is 9.47 Å². The Kier molecular flexibility index (Phi) is 4.96. The zero-order valence-electron chi connectivity index (χ0n) is 11.0. The molecule has 0 N–H and O–H groups in total.